The zero-order valence-electron chi connectivity index (χ0n) is 18.1. The van der Waals surface area contributed by atoms with Crippen molar-refractivity contribution in [2.45, 2.75) is 34.1 Å². The van der Waals surface area contributed by atoms with Gasteiger partial charge in [-0.3, -0.25) is 0 Å². The molecule has 0 aromatic heterocycles. The third-order valence-corrected chi connectivity index (χ3v) is 11.7. The maximum Gasteiger partial charge on any atom is -0.147 e. The summed E-state index contributed by atoms with van der Waals surface area (Å²) in [4.78, 5) is 0. The topological polar surface area (TPSA) is 0 Å². The second-order valence-corrected chi connectivity index (χ2v) is 11.7. The molecule has 0 saturated carbocycles. The summed E-state index contributed by atoms with van der Waals surface area (Å²) in [7, 11) is 0. The number of benzene rings is 2. The Morgan fingerprint density at radius 2 is 1.33 bits per heavy atom. The second-order valence-electron chi connectivity index (χ2n) is 7.87. The van der Waals surface area contributed by atoms with E-state index in [9.17, 15) is 0 Å². The Balaban J connectivity index is 0.00000160. The van der Waals surface area contributed by atoms with E-state index in [1.54, 1.807) is 22.7 Å². The van der Waals surface area contributed by atoms with Crippen LogP contribution in [0, 0.1) is 5.92 Å². The number of rotatable bonds is 4. The molecule has 0 radical (unpaired) electrons. The first-order chi connectivity index (χ1) is 13.6. The summed E-state index contributed by atoms with van der Waals surface area (Å²) >= 11 is -1.92. The number of allylic oxidation sites excluding steroid dienone is 8. The fourth-order valence-electron chi connectivity index (χ4n) is 4.53. The van der Waals surface area contributed by atoms with Gasteiger partial charge in [-0.15, -0.1) is 24.8 Å². The summed E-state index contributed by atoms with van der Waals surface area (Å²) in [6.07, 6.45) is 8.12. The summed E-state index contributed by atoms with van der Waals surface area (Å²) in [5, 5.41) is 0. The molecule has 0 spiro atoms. The van der Waals surface area contributed by atoms with Gasteiger partial charge in [-0.1, -0.05) is 0 Å². The van der Waals surface area contributed by atoms with E-state index in [4.69, 9.17) is 0 Å². The van der Waals surface area contributed by atoms with Crippen molar-refractivity contribution in [3.63, 3.8) is 0 Å². The third kappa shape index (κ3) is 4.58. The van der Waals surface area contributed by atoms with E-state index in [-0.39, 0.29) is 24.8 Å². The van der Waals surface area contributed by atoms with Crippen LogP contribution in [0.4, 0.5) is 0 Å². The third-order valence-electron chi connectivity index (χ3n) is 6.38. The number of hydrogen-bond acceptors (Lipinski definition) is 0. The van der Waals surface area contributed by atoms with Crippen LogP contribution in [0.3, 0.4) is 0 Å². The Hall–Kier alpha value is -1.44. The standard InChI is InChI=1S/C13H10.C9H13.C5H5.2ClH.Ti/c1-3-7-12(8-4-1)11-13-9-5-2-6-10-13;1-6-5-7(2)9(4)8(6)3;1-2-4-5-3-1;;;/h1-10H;6H,1-4H3;1-3H,4H2;2*1H;. The van der Waals surface area contributed by atoms with Crippen LogP contribution in [-0.2, 0) is 17.4 Å². The van der Waals surface area contributed by atoms with Gasteiger partial charge >= 0.3 is 176 Å². The van der Waals surface area contributed by atoms with Gasteiger partial charge in [0.05, 0.1) is 0 Å². The van der Waals surface area contributed by atoms with Crippen molar-refractivity contribution in [3.8, 4) is 0 Å². The molecule has 0 heterocycles. The van der Waals surface area contributed by atoms with Gasteiger partial charge in [0.15, 0.2) is 0 Å². The van der Waals surface area contributed by atoms with Crippen LogP contribution in [0.15, 0.2) is 103 Å². The minimum Gasteiger partial charge on any atom is -0.147 e. The minimum absolute atomic E-state index is 0. The van der Waals surface area contributed by atoms with Crippen LogP contribution >= 0.6 is 24.8 Å². The zero-order chi connectivity index (χ0) is 19.7. The molecule has 0 nitrogen and oxygen atoms in total. The van der Waals surface area contributed by atoms with Crippen LogP contribution in [0.1, 0.15) is 45.2 Å². The first-order valence-electron chi connectivity index (χ1n) is 10.2. The van der Waals surface area contributed by atoms with Crippen molar-refractivity contribution in [1.82, 2.24) is 0 Å². The molecule has 0 amide bonds. The van der Waals surface area contributed by atoms with E-state index in [0.29, 0.717) is 5.92 Å². The van der Waals surface area contributed by atoms with Gasteiger partial charge in [-0.2, -0.15) is 0 Å². The molecule has 2 aromatic rings. The fourth-order valence-corrected chi connectivity index (χ4v) is 10.2. The smallest absolute Gasteiger partial charge is 0.147 e. The van der Waals surface area contributed by atoms with Crippen LogP contribution in [0.2, 0.25) is 0 Å². The predicted octanol–water partition coefficient (Wildman–Crippen LogP) is 7.82. The van der Waals surface area contributed by atoms with Gasteiger partial charge in [0, 0.05) is 0 Å². The zero-order valence-corrected chi connectivity index (χ0v) is 21.3. The Morgan fingerprint density at radius 1 is 0.800 bits per heavy atom. The molecule has 2 aromatic carbocycles. The molecule has 3 heteroatoms. The quantitative estimate of drug-likeness (QED) is 0.397. The average Bonchev–Trinajstić information content (AvgIpc) is 3.33. The molecule has 4 rings (SSSR count). The molecule has 1 unspecified atom stereocenters. The first kappa shape index (κ1) is 24.8. The fraction of sp³-hybridized carbons (Fsp3) is 0.222. The Morgan fingerprint density at radius 3 is 1.73 bits per heavy atom. The first-order valence-corrected chi connectivity index (χ1v) is 12.5. The average molecular weight is 473 g/mol. The largest absolute Gasteiger partial charge is 0.147 e. The molecule has 156 valence electrons. The predicted molar refractivity (Wildman–Crippen MR) is 133 cm³/mol. The molecule has 0 N–H and O–H groups in total. The van der Waals surface area contributed by atoms with E-state index in [1.807, 2.05) is 0 Å². The van der Waals surface area contributed by atoms with Crippen molar-refractivity contribution < 1.29 is 17.4 Å². The number of halogens is 2. The van der Waals surface area contributed by atoms with Crippen molar-refractivity contribution >= 4 is 28.6 Å². The summed E-state index contributed by atoms with van der Waals surface area (Å²) < 4.78 is 5.01. The van der Waals surface area contributed by atoms with Crippen molar-refractivity contribution in [1.29, 1.82) is 0 Å². The molecule has 2 aliphatic rings. The van der Waals surface area contributed by atoms with Crippen LogP contribution in [0.5, 0.6) is 0 Å². The van der Waals surface area contributed by atoms with E-state index < -0.39 is 17.4 Å². The minimum atomic E-state index is -1.92. The maximum atomic E-state index is 2.42. The van der Waals surface area contributed by atoms with E-state index in [2.05, 4.69) is 107 Å². The Kier molecular flexibility index (Phi) is 8.89. The van der Waals surface area contributed by atoms with E-state index in [1.165, 1.54) is 16.7 Å². The Labute approximate surface area is 199 Å². The van der Waals surface area contributed by atoms with Gasteiger partial charge in [-0.05, 0) is 0 Å². The maximum absolute atomic E-state index is 2.42. The van der Waals surface area contributed by atoms with Crippen molar-refractivity contribution in [2.24, 2.45) is 5.92 Å². The second kappa shape index (κ2) is 10.7. The molecular weight excluding hydrogens is 443 g/mol. The van der Waals surface area contributed by atoms with Crippen molar-refractivity contribution in [2.75, 3.05) is 0 Å². The normalized spacial score (nSPS) is 17.5. The summed E-state index contributed by atoms with van der Waals surface area (Å²) in [6.45, 7) is 9.43. The molecule has 0 saturated heterocycles. The molecular formula is C27H30Cl2Ti. The van der Waals surface area contributed by atoms with Gasteiger partial charge in [0.1, 0.15) is 0 Å². The number of hydrogen-bond donors (Lipinski definition) is 0. The Bertz CT molecular complexity index is 1010. The molecule has 2 aliphatic carbocycles. The van der Waals surface area contributed by atoms with Gasteiger partial charge in [-0.25, -0.2) is 0 Å². The van der Waals surface area contributed by atoms with Crippen LogP contribution in [-0.4, -0.2) is 3.81 Å². The summed E-state index contributed by atoms with van der Waals surface area (Å²) in [5.41, 5.74) is 7.42. The SMILES string of the molecule is CC1=C(C)C(C)[C]([Ti]([C]2=CC=CC2)=[C](c2ccccc2)c2ccccc2)=C1C.Cl.Cl. The molecule has 0 bridgehead atoms. The van der Waals surface area contributed by atoms with E-state index >= 15 is 0 Å². The van der Waals surface area contributed by atoms with Gasteiger partial charge in [0.25, 0.3) is 0 Å². The molecule has 0 aliphatic heterocycles. The van der Waals surface area contributed by atoms with Crippen LogP contribution in [0.25, 0.3) is 0 Å². The summed E-state index contributed by atoms with van der Waals surface area (Å²) in [6, 6.07) is 22.2. The monoisotopic (exact) mass is 472 g/mol. The van der Waals surface area contributed by atoms with Gasteiger partial charge < -0.3 is 0 Å². The van der Waals surface area contributed by atoms with Gasteiger partial charge in [0.2, 0.25) is 0 Å². The van der Waals surface area contributed by atoms with Crippen LogP contribution < -0.4 is 0 Å². The molecule has 1 atom stereocenters. The summed E-state index contributed by atoms with van der Waals surface area (Å²) in [5.74, 6) is 0.555. The molecule has 30 heavy (non-hydrogen) atoms. The van der Waals surface area contributed by atoms with Crippen molar-refractivity contribution in [3.05, 3.63) is 114 Å². The molecule has 0 fully saturated rings. The van der Waals surface area contributed by atoms with E-state index in [0.717, 1.165) is 6.42 Å².